The minimum Gasteiger partial charge on any atom is -0.348 e. The summed E-state index contributed by atoms with van der Waals surface area (Å²) in [5, 5.41) is 3.19. The summed E-state index contributed by atoms with van der Waals surface area (Å²) >= 11 is 0. The van der Waals surface area contributed by atoms with Crippen LogP contribution in [0.5, 0.6) is 0 Å². The van der Waals surface area contributed by atoms with Gasteiger partial charge in [-0.3, -0.25) is 4.79 Å². The third-order valence-electron chi connectivity index (χ3n) is 4.87. The van der Waals surface area contributed by atoms with Crippen LogP contribution in [0.2, 0.25) is 0 Å². The van der Waals surface area contributed by atoms with Crippen molar-refractivity contribution in [2.45, 2.75) is 18.9 Å². The molecule has 112 valence electrons. The quantitative estimate of drug-likeness (QED) is 0.856. The van der Waals surface area contributed by atoms with E-state index in [1.165, 1.54) is 19.5 Å². The largest absolute Gasteiger partial charge is 0.348 e. The summed E-state index contributed by atoms with van der Waals surface area (Å²) in [7, 11) is 0. The van der Waals surface area contributed by atoms with E-state index in [9.17, 15) is 4.79 Å². The van der Waals surface area contributed by atoms with Crippen LogP contribution in [0.15, 0.2) is 30.5 Å². The molecule has 0 saturated carbocycles. The predicted octanol–water partition coefficient (Wildman–Crippen LogP) is 1.74. The van der Waals surface area contributed by atoms with Gasteiger partial charge in [0.1, 0.15) is 0 Å². The number of hydrogen-bond acceptors (Lipinski definition) is 2. The van der Waals surface area contributed by atoms with Crippen LogP contribution in [0.3, 0.4) is 0 Å². The summed E-state index contributed by atoms with van der Waals surface area (Å²) < 4.78 is 1.92. The maximum absolute atomic E-state index is 12.5. The van der Waals surface area contributed by atoms with Gasteiger partial charge in [-0.15, -0.1) is 6.42 Å². The number of terminal acetylenes is 1. The zero-order chi connectivity index (χ0) is 15.1. The van der Waals surface area contributed by atoms with Gasteiger partial charge in [-0.1, -0.05) is 5.92 Å². The lowest BCUT2D eigenvalue weighted by Crippen LogP contribution is -2.47. The zero-order valence-corrected chi connectivity index (χ0v) is 12.5. The second-order valence-corrected chi connectivity index (χ2v) is 6.39. The van der Waals surface area contributed by atoms with Crippen molar-refractivity contribution in [3.8, 4) is 12.3 Å². The standard InChI is InChI=1S/C18H19N3O/c1-2-16-3-4-17-10-14(6-8-21(16)17)18(22)19-15-9-13-5-7-20(11-13)12-15/h1,3-4,6,8,10,13,15H,5,7,9,11-12H2,(H,19,22)/t13-,15+/m0/s1. The van der Waals surface area contributed by atoms with E-state index in [1.54, 1.807) is 0 Å². The average Bonchev–Trinajstić information content (AvgIpc) is 3.09. The highest BCUT2D eigenvalue weighted by Crippen LogP contribution is 2.26. The molecule has 4 heterocycles. The Morgan fingerprint density at radius 1 is 1.32 bits per heavy atom. The predicted molar refractivity (Wildman–Crippen MR) is 85.8 cm³/mol. The van der Waals surface area contributed by atoms with Crippen molar-refractivity contribution in [1.82, 2.24) is 14.6 Å². The number of piperidine rings is 1. The van der Waals surface area contributed by atoms with Crippen LogP contribution in [-0.4, -0.2) is 40.9 Å². The lowest BCUT2D eigenvalue weighted by molar-refractivity contribution is 0.0909. The Hall–Kier alpha value is -2.25. The first kappa shape index (κ1) is 13.4. The summed E-state index contributed by atoms with van der Waals surface area (Å²) in [5.41, 5.74) is 2.45. The van der Waals surface area contributed by atoms with Gasteiger partial charge in [-0.05, 0) is 49.6 Å². The fourth-order valence-electron chi connectivity index (χ4n) is 3.80. The van der Waals surface area contributed by atoms with Crippen LogP contribution >= 0.6 is 0 Å². The molecule has 2 saturated heterocycles. The molecule has 22 heavy (non-hydrogen) atoms. The molecule has 2 bridgehead atoms. The van der Waals surface area contributed by atoms with Gasteiger partial charge in [0.05, 0.1) is 5.69 Å². The molecule has 1 unspecified atom stereocenters. The fourth-order valence-corrected chi connectivity index (χ4v) is 3.80. The summed E-state index contributed by atoms with van der Waals surface area (Å²) in [6.07, 6.45) is 9.71. The van der Waals surface area contributed by atoms with E-state index in [2.05, 4.69) is 16.1 Å². The van der Waals surface area contributed by atoms with Gasteiger partial charge >= 0.3 is 0 Å². The van der Waals surface area contributed by atoms with Crippen molar-refractivity contribution < 1.29 is 4.79 Å². The van der Waals surface area contributed by atoms with Crippen LogP contribution < -0.4 is 5.32 Å². The topological polar surface area (TPSA) is 36.8 Å². The molecular formula is C18H19N3O. The van der Waals surface area contributed by atoms with Gasteiger partial charge in [0, 0.05) is 36.4 Å². The SMILES string of the molecule is C#Cc1ccc2cc(C(=O)N[C@@H]3C[C@@H]4CCN(C4)C3)ccn12. The number of nitrogens with one attached hydrogen (secondary N) is 1. The number of rotatable bonds is 2. The highest BCUT2D eigenvalue weighted by molar-refractivity contribution is 5.95. The first-order chi connectivity index (χ1) is 10.7. The molecule has 2 aliphatic heterocycles. The molecule has 1 N–H and O–H groups in total. The van der Waals surface area contributed by atoms with Gasteiger partial charge < -0.3 is 14.6 Å². The fraction of sp³-hybridized carbons (Fsp3) is 0.389. The third kappa shape index (κ3) is 2.28. The second kappa shape index (κ2) is 5.19. The van der Waals surface area contributed by atoms with Crippen molar-refractivity contribution >= 4 is 11.4 Å². The summed E-state index contributed by atoms with van der Waals surface area (Å²) in [5.74, 6) is 3.41. The van der Waals surface area contributed by atoms with Crippen LogP contribution in [0.4, 0.5) is 0 Å². The molecule has 1 amide bonds. The first-order valence-corrected chi connectivity index (χ1v) is 7.84. The molecule has 2 aromatic rings. The van der Waals surface area contributed by atoms with Crippen molar-refractivity contribution in [2.75, 3.05) is 19.6 Å². The molecule has 3 atom stereocenters. The van der Waals surface area contributed by atoms with E-state index in [4.69, 9.17) is 6.42 Å². The number of fused-ring (bicyclic) bond motifs is 3. The van der Waals surface area contributed by atoms with Gasteiger partial charge in [-0.2, -0.15) is 0 Å². The smallest absolute Gasteiger partial charge is 0.251 e. The molecule has 0 spiro atoms. The number of carbonyl (C=O) groups is 1. The van der Waals surface area contributed by atoms with Crippen molar-refractivity contribution in [2.24, 2.45) is 5.92 Å². The lowest BCUT2D eigenvalue weighted by Gasteiger charge is -2.30. The Kier molecular flexibility index (Phi) is 3.16. The molecule has 4 heteroatoms. The molecule has 0 aliphatic carbocycles. The number of carbonyl (C=O) groups excluding carboxylic acids is 1. The molecule has 0 radical (unpaired) electrons. The maximum atomic E-state index is 12.5. The number of nitrogens with zero attached hydrogens (tertiary/aromatic N) is 2. The molecule has 2 fully saturated rings. The van der Waals surface area contributed by atoms with Crippen LogP contribution in [-0.2, 0) is 0 Å². The minimum atomic E-state index is 0.0125. The van der Waals surface area contributed by atoms with E-state index in [1.807, 2.05) is 34.9 Å². The third-order valence-corrected chi connectivity index (χ3v) is 4.87. The number of pyridine rings is 1. The van der Waals surface area contributed by atoms with Crippen molar-refractivity contribution in [3.05, 3.63) is 41.7 Å². The van der Waals surface area contributed by atoms with Gasteiger partial charge in [-0.25, -0.2) is 0 Å². The van der Waals surface area contributed by atoms with Crippen molar-refractivity contribution in [3.63, 3.8) is 0 Å². The first-order valence-electron chi connectivity index (χ1n) is 7.84. The molecule has 0 aromatic carbocycles. The highest BCUT2D eigenvalue weighted by atomic mass is 16.1. The number of hydrogen-bond donors (Lipinski definition) is 1. The maximum Gasteiger partial charge on any atom is 0.251 e. The average molecular weight is 293 g/mol. The van der Waals surface area contributed by atoms with E-state index >= 15 is 0 Å². The van der Waals surface area contributed by atoms with E-state index < -0.39 is 0 Å². The Morgan fingerprint density at radius 2 is 2.23 bits per heavy atom. The molecule has 4 nitrogen and oxygen atoms in total. The van der Waals surface area contributed by atoms with Crippen LogP contribution in [0.1, 0.15) is 28.9 Å². The zero-order valence-electron chi connectivity index (χ0n) is 12.5. The van der Waals surface area contributed by atoms with Crippen LogP contribution in [0, 0.1) is 18.3 Å². The molecule has 2 aliphatic rings. The van der Waals surface area contributed by atoms with E-state index in [0.717, 1.165) is 30.1 Å². The highest BCUT2D eigenvalue weighted by Gasteiger charge is 2.32. The Bertz CT molecular complexity index is 758. The number of aromatic nitrogens is 1. The summed E-state index contributed by atoms with van der Waals surface area (Å²) in [4.78, 5) is 14.9. The van der Waals surface area contributed by atoms with Gasteiger partial charge in [0.15, 0.2) is 0 Å². The molecule has 2 aromatic heterocycles. The van der Waals surface area contributed by atoms with E-state index in [0.29, 0.717) is 5.56 Å². The summed E-state index contributed by atoms with van der Waals surface area (Å²) in [6.45, 7) is 3.37. The Balaban J connectivity index is 1.52. The summed E-state index contributed by atoms with van der Waals surface area (Å²) in [6, 6.07) is 7.84. The second-order valence-electron chi connectivity index (χ2n) is 6.39. The minimum absolute atomic E-state index is 0.0125. The molecule has 4 rings (SSSR count). The van der Waals surface area contributed by atoms with Crippen LogP contribution in [0.25, 0.3) is 5.52 Å². The normalized spacial score (nSPS) is 26.8. The monoisotopic (exact) mass is 293 g/mol. The van der Waals surface area contributed by atoms with Crippen molar-refractivity contribution in [1.29, 1.82) is 0 Å². The van der Waals surface area contributed by atoms with E-state index in [-0.39, 0.29) is 11.9 Å². The lowest BCUT2D eigenvalue weighted by atomic mass is 9.96. The van der Waals surface area contributed by atoms with Gasteiger partial charge in [0.25, 0.3) is 5.91 Å². The Morgan fingerprint density at radius 3 is 3.05 bits per heavy atom. The number of amides is 1. The molecular weight excluding hydrogens is 274 g/mol. The Labute approximate surface area is 130 Å². The van der Waals surface area contributed by atoms with Gasteiger partial charge in [0.2, 0.25) is 0 Å².